The molecule has 23 heavy (non-hydrogen) atoms. The van der Waals surface area contributed by atoms with Crippen molar-refractivity contribution in [2.45, 2.75) is 51.1 Å². The molecule has 0 spiro atoms. The summed E-state index contributed by atoms with van der Waals surface area (Å²) in [5, 5.41) is 9.88. The fraction of sp³-hybridized carbons (Fsp3) is 0.588. The Hall–Kier alpha value is -1.24. The lowest BCUT2D eigenvalue weighted by Gasteiger charge is -2.25. The number of likely N-dealkylation sites (tertiary alicyclic amines) is 1. The number of hydrogen-bond donors (Lipinski definition) is 1. The maximum absolute atomic E-state index is 13.8. The lowest BCUT2D eigenvalue weighted by molar-refractivity contribution is 0.227. The number of halogens is 1. The molecule has 1 saturated heterocycles. The third-order valence-electron chi connectivity index (χ3n) is 4.47. The van der Waals surface area contributed by atoms with E-state index in [-0.39, 0.29) is 0 Å². The molecule has 1 fully saturated rings. The van der Waals surface area contributed by atoms with E-state index in [2.05, 4.69) is 39.8 Å². The smallest absolute Gasteiger partial charge is 0.114 e. The average Bonchev–Trinajstić information content (AvgIpc) is 3.26. The van der Waals surface area contributed by atoms with Crippen LogP contribution >= 0.6 is 11.3 Å². The van der Waals surface area contributed by atoms with Crippen molar-refractivity contribution in [2.24, 2.45) is 0 Å². The molecule has 6 heteroatoms. The molecule has 3 atom stereocenters. The van der Waals surface area contributed by atoms with Crippen molar-refractivity contribution in [3.63, 3.8) is 0 Å². The third kappa shape index (κ3) is 4.86. The Balaban J connectivity index is 1.43. The van der Waals surface area contributed by atoms with E-state index in [4.69, 9.17) is 0 Å². The van der Waals surface area contributed by atoms with Crippen LogP contribution in [0.1, 0.15) is 24.6 Å². The van der Waals surface area contributed by atoms with E-state index in [0.717, 1.165) is 26.1 Å². The highest BCUT2D eigenvalue weighted by atomic mass is 32.1. The van der Waals surface area contributed by atoms with Crippen LogP contribution in [0.2, 0.25) is 0 Å². The summed E-state index contributed by atoms with van der Waals surface area (Å²) in [5.74, 6) is 0. The second-order valence-electron chi connectivity index (χ2n) is 6.36. The molecule has 3 heterocycles. The fourth-order valence-corrected chi connectivity index (χ4v) is 3.86. The van der Waals surface area contributed by atoms with Gasteiger partial charge >= 0.3 is 0 Å². The predicted octanol–water partition coefficient (Wildman–Crippen LogP) is 2.93. The van der Waals surface area contributed by atoms with Crippen LogP contribution in [-0.4, -0.2) is 46.0 Å². The summed E-state index contributed by atoms with van der Waals surface area (Å²) < 4.78 is 15.8. The van der Waals surface area contributed by atoms with Crippen molar-refractivity contribution in [1.82, 2.24) is 20.0 Å². The van der Waals surface area contributed by atoms with Crippen molar-refractivity contribution < 1.29 is 4.39 Å². The summed E-state index contributed by atoms with van der Waals surface area (Å²) >= 11 is 1.75. The molecule has 0 aromatic carbocycles. The van der Waals surface area contributed by atoms with Crippen LogP contribution in [0, 0.1) is 0 Å². The Labute approximate surface area is 141 Å². The molecular weight excluding hydrogens is 311 g/mol. The Kier molecular flexibility index (Phi) is 5.80. The van der Waals surface area contributed by atoms with Gasteiger partial charge in [0.05, 0.1) is 0 Å². The number of hydrogen-bond acceptors (Lipinski definition) is 4. The number of nitrogens with zero attached hydrogens (tertiary/aromatic N) is 3. The maximum atomic E-state index is 13.8. The van der Waals surface area contributed by atoms with Gasteiger partial charge in [-0.05, 0) is 37.3 Å². The van der Waals surface area contributed by atoms with Gasteiger partial charge in [0.25, 0.3) is 0 Å². The standard InChI is InChI=1S/C17H25FN4S/c1-14(5-8-22-7-3-6-20-22)19-11-16-10-15(18)12-21(16)13-17-4-2-9-23-17/h2-4,6-7,9,14-16,19H,5,8,10-13H2,1H3/t14-,15+,16+/m1/s1. The van der Waals surface area contributed by atoms with Gasteiger partial charge in [0.1, 0.15) is 6.17 Å². The zero-order valence-corrected chi connectivity index (χ0v) is 14.4. The quantitative estimate of drug-likeness (QED) is 0.805. The van der Waals surface area contributed by atoms with Gasteiger partial charge in [0.15, 0.2) is 0 Å². The predicted molar refractivity (Wildman–Crippen MR) is 92.3 cm³/mol. The molecule has 0 radical (unpaired) electrons. The normalized spacial score (nSPS) is 23.4. The largest absolute Gasteiger partial charge is 0.313 e. The summed E-state index contributed by atoms with van der Waals surface area (Å²) in [6.45, 7) is 5.38. The molecule has 3 rings (SSSR count). The van der Waals surface area contributed by atoms with Gasteiger partial charge in [0.2, 0.25) is 0 Å². The molecule has 126 valence electrons. The van der Waals surface area contributed by atoms with Crippen LogP contribution in [-0.2, 0) is 13.1 Å². The maximum Gasteiger partial charge on any atom is 0.114 e. The minimum Gasteiger partial charge on any atom is -0.313 e. The van der Waals surface area contributed by atoms with E-state index in [9.17, 15) is 4.39 Å². The summed E-state index contributed by atoms with van der Waals surface area (Å²) in [6, 6.07) is 6.84. The summed E-state index contributed by atoms with van der Waals surface area (Å²) in [4.78, 5) is 3.60. The topological polar surface area (TPSA) is 33.1 Å². The number of thiophene rings is 1. The lowest BCUT2D eigenvalue weighted by atomic mass is 10.1. The first-order valence-electron chi connectivity index (χ1n) is 8.32. The minimum atomic E-state index is -0.693. The Morgan fingerprint density at radius 3 is 3.13 bits per heavy atom. The average molecular weight is 336 g/mol. The van der Waals surface area contributed by atoms with Gasteiger partial charge in [0, 0.05) is 55.5 Å². The number of rotatable bonds is 8. The number of aryl methyl sites for hydroxylation is 1. The SMILES string of the molecule is C[C@H](CCn1cccn1)NC[C@@H]1C[C@H](F)CN1Cc1cccs1. The zero-order chi connectivity index (χ0) is 16.1. The van der Waals surface area contributed by atoms with Crippen LogP contribution in [0.3, 0.4) is 0 Å². The molecule has 4 nitrogen and oxygen atoms in total. The summed E-state index contributed by atoms with van der Waals surface area (Å²) in [5.41, 5.74) is 0. The molecule has 0 unspecified atom stereocenters. The molecule has 1 aliphatic rings. The molecule has 0 bridgehead atoms. The lowest BCUT2D eigenvalue weighted by Crippen LogP contribution is -2.40. The van der Waals surface area contributed by atoms with Gasteiger partial charge < -0.3 is 5.32 Å². The highest BCUT2D eigenvalue weighted by Gasteiger charge is 2.32. The zero-order valence-electron chi connectivity index (χ0n) is 13.6. The Bertz CT molecular complexity index is 557. The van der Waals surface area contributed by atoms with E-state index in [0.29, 0.717) is 25.0 Å². The van der Waals surface area contributed by atoms with Crippen molar-refractivity contribution in [3.05, 3.63) is 40.8 Å². The van der Waals surface area contributed by atoms with E-state index in [1.54, 1.807) is 17.5 Å². The minimum absolute atomic E-state index is 0.291. The van der Waals surface area contributed by atoms with Crippen molar-refractivity contribution >= 4 is 11.3 Å². The fourth-order valence-electron chi connectivity index (χ4n) is 3.13. The molecule has 0 saturated carbocycles. The highest BCUT2D eigenvalue weighted by molar-refractivity contribution is 7.09. The summed E-state index contributed by atoms with van der Waals surface area (Å²) in [7, 11) is 0. The van der Waals surface area contributed by atoms with Crippen LogP contribution < -0.4 is 5.32 Å². The van der Waals surface area contributed by atoms with Crippen LogP contribution in [0.25, 0.3) is 0 Å². The van der Waals surface area contributed by atoms with Gasteiger partial charge in [-0.15, -0.1) is 11.3 Å². The van der Waals surface area contributed by atoms with Crippen LogP contribution in [0.5, 0.6) is 0 Å². The molecule has 1 N–H and O–H groups in total. The molecule has 2 aromatic rings. The Morgan fingerprint density at radius 2 is 2.39 bits per heavy atom. The van der Waals surface area contributed by atoms with Gasteiger partial charge in [-0.25, -0.2) is 4.39 Å². The monoisotopic (exact) mass is 336 g/mol. The first-order chi connectivity index (χ1) is 11.2. The number of alkyl halides is 1. The van der Waals surface area contributed by atoms with E-state index in [1.807, 2.05) is 16.9 Å². The molecule has 0 amide bonds. The molecule has 0 aliphatic carbocycles. The van der Waals surface area contributed by atoms with Crippen molar-refractivity contribution in [3.8, 4) is 0 Å². The van der Waals surface area contributed by atoms with E-state index < -0.39 is 6.17 Å². The van der Waals surface area contributed by atoms with Crippen LogP contribution in [0.4, 0.5) is 4.39 Å². The van der Waals surface area contributed by atoms with Gasteiger partial charge in [-0.2, -0.15) is 5.10 Å². The van der Waals surface area contributed by atoms with E-state index >= 15 is 0 Å². The third-order valence-corrected chi connectivity index (χ3v) is 5.33. The first-order valence-corrected chi connectivity index (χ1v) is 9.20. The van der Waals surface area contributed by atoms with Crippen LogP contribution in [0.15, 0.2) is 36.0 Å². The van der Waals surface area contributed by atoms with Crippen molar-refractivity contribution in [2.75, 3.05) is 13.1 Å². The molecule has 2 aromatic heterocycles. The number of nitrogens with one attached hydrogen (secondary N) is 1. The molecule has 1 aliphatic heterocycles. The first kappa shape index (κ1) is 16.6. The second-order valence-corrected chi connectivity index (χ2v) is 7.39. The summed E-state index contributed by atoms with van der Waals surface area (Å²) in [6.07, 6.45) is 4.77. The number of aromatic nitrogens is 2. The second kappa shape index (κ2) is 8.04. The highest BCUT2D eigenvalue weighted by Crippen LogP contribution is 2.24. The van der Waals surface area contributed by atoms with E-state index in [1.165, 1.54) is 4.88 Å². The van der Waals surface area contributed by atoms with Gasteiger partial charge in [-0.3, -0.25) is 9.58 Å². The van der Waals surface area contributed by atoms with Gasteiger partial charge in [-0.1, -0.05) is 6.07 Å². The molecular formula is C17H25FN4S. The van der Waals surface area contributed by atoms with Crippen molar-refractivity contribution in [1.29, 1.82) is 0 Å². The Morgan fingerprint density at radius 1 is 1.48 bits per heavy atom.